The number of amides is 2. The van der Waals surface area contributed by atoms with Crippen LogP contribution in [0.3, 0.4) is 0 Å². The molecule has 0 aromatic rings. The van der Waals surface area contributed by atoms with Gasteiger partial charge in [0, 0.05) is 13.1 Å². The van der Waals surface area contributed by atoms with E-state index in [4.69, 9.17) is 20.7 Å². The van der Waals surface area contributed by atoms with Crippen molar-refractivity contribution in [3.63, 3.8) is 0 Å². The fourth-order valence-electron chi connectivity index (χ4n) is 1.31. The zero-order valence-corrected chi connectivity index (χ0v) is 12.2. The van der Waals surface area contributed by atoms with E-state index in [1.807, 2.05) is 0 Å². The second kappa shape index (κ2) is 9.94. The Kier molecular flexibility index (Phi) is 9.06. The Morgan fingerprint density at radius 2 is 1.76 bits per heavy atom. The van der Waals surface area contributed by atoms with E-state index in [1.54, 1.807) is 13.8 Å². The van der Waals surface area contributed by atoms with E-state index < -0.39 is 18.0 Å². The predicted octanol–water partition coefficient (Wildman–Crippen LogP) is -0.833. The number of carbonyl (C=O) groups is 3. The largest absolute Gasteiger partial charge is 0.480 e. The Hall–Kier alpha value is -1.87. The first-order chi connectivity index (χ1) is 9.75. The van der Waals surface area contributed by atoms with Gasteiger partial charge >= 0.3 is 18.0 Å². The summed E-state index contributed by atoms with van der Waals surface area (Å²) >= 11 is 0. The van der Waals surface area contributed by atoms with Gasteiger partial charge in [0.1, 0.15) is 12.6 Å². The molecule has 1 fully saturated rings. The van der Waals surface area contributed by atoms with Crippen LogP contribution in [-0.4, -0.2) is 72.0 Å². The summed E-state index contributed by atoms with van der Waals surface area (Å²) in [6.45, 7) is 5.28. The molecule has 0 spiro atoms. The molecule has 0 radical (unpaired) electrons. The van der Waals surface area contributed by atoms with Crippen molar-refractivity contribution in [3.8, 4) is 0 Å². The number of hydrogen-bond acceptors (Lipinski definition) is 5. The van der Waals surface area contributed by atoms with Crippen molar-refractivity contribution in [2.24, 2.45) is 11.7 Å². The average Bonchev–Trinajstić information content (AvgIpc) is 2.45. The first kappa shape index (κ1) is 19.1. The highest BCUT2D eigenvalue weighted by atomic mass is 16.5. The average molecular weight is 305 g/mol. The van der Waals surface area contributed by atoms with Crippen LogP contribution in [0.5, 0.6) is 0 Å². The zero-order chi connectivity index (χ0) is 16.4. The molecule has 122 valence electrons. The molecule has 1 rings (SSSR count). The lowest BCUT2D eigenvalue weighted by molar-refractivity contribution is -0.139. The Morgan fingerprint density at radius 3 is 2.10 bits per heavy atom. The van der Waals surface area contributed by atoms with E-state index in [0.29, 0.717) is 26.3 Å². The van der Waals surface area contributed by atoms with Gasteiger partial charge in [-0.2, -0.15) is 0 Å². The molecule has 9 nitrogen and oxygen atoms in total. The first-order valence-electron chi connectivity index (χ1n) is 6.56. The molecule has 0 aromatic heterocycles. The Balaban J connectivity index is 0.000000433. The fraction of sp³-hybridized carbons (Fsp3) is 0.750. The third kappa shape index (κ3) is 8.82. The summed E-state index contributed by atoms with van der Waals surface area (Å²) in [5.74, 6) is -1.95. The molecule has 0 saturated carbocycles. The van der Waals surface area contributed by atoms with Gasteiger partial charge in [0.2, 0.25) is 0 Å². The Labute approximate surface area is 123 Å². The molecule has 1 aliphatic heterocycles. The predicted molar refractivity (Wildman–Crippen MR) is 73.9 cm³/mol. The van der Waals surface area contributed by atoms with Crippen molar-refractivity contribution in [2.45, 2.75) is 19.9 Å². The normalized spacial score (nSPS) is 15.7. The molecule has 1 aliphatic rings. The molecule has 1 atom stereocenters. The summed E-state index contributed by atoms with van der Waals surface area (Å²) in [7, 11) is 0. The molecule has 5 N–H and O–H groups in total. The van der Waals surface area contributed by atoms with E-state index >= 15 is 0 Å². The summed E-state index contributed by atoms with van der Waals surface area (Å²) in [5.41, 5.74) is 5.16. The maximum absolute atomic E-state index is 11.2. The van der Waals surface area contributed by atoms with Gasteiger partial charge in [0.25, 0.3) is 0 Å². The van der Waals surface area contributed by atoms with E-state index in [9.17, 15) is 14.4 Å². The van der Waals surface area contributed by atoms with Crippen LogP contribution < -0.4 is 11.1 Å². The van der Waals surface area contributed by atoms with Crippen LogP contribution in [0, 0.1) is 5.92 Å². The van der Waals surface area contributed by atoms with Crippen molar-refractivity contribution in [1.82, 2.24) is 10.2 Å². The highest BCUT2D eigenvalue weighted by molar-refractivity contribution is 5.79. The maximum Gasteiger partial charge on any atom is 0.323 e. The van der Waals surface area contributed by atoms with E-state index in [1.165, 1.54) is 4.90 Å². The fourth-order valence-corrected chi connectivity index (χ4v) is 1.31. The number of hydrogen-bond donors (Lipinski definition) is 4. The lowest BCUT2D eigenvalue weighted by Crippen LogP contribution is -2.47. The van der Waals surface area contributed by atoms with Gasteiger partial charge in [0.05, 0.1) is 13.2 Å². The summed E-state index contributed by atoms with van der Waals surface area (Å²) in [6, 6.07) is -1.05. The third-order valence-corrected chi connectivity index (χ3v) is 2.69. The number of ether oxygens (including phenoxy) is 1. The highest BCUT2D eigenvalue weighted by Crippen LogP contribution is 1.96. The smallest absolute Gasteiger partial charge is 0.323 e. The minimum absolute atomic E-state index is 0.0208. The van der Waals surface area contributed by atoms with Crippen molar-refractivity contribution < 1.29 is 29.3 Å². The lowest BCUT2D eigenvalue weighted by Gasteiger charge is -2.26. The Morgan fingerprint density at radius 1 is 1.24 bits per heavy atom. The highest BCUT2D eigenvalue weighted by Gasteiger charge is 2.16. The summed E-state index contributed by atoms with van der Waals surface area (Å²) in [4.78, 5) is 32.9. The quantitative estimate of drug-likeness (QED) is 0.530. The van der Waals surface area contributed by atoms with Crippen LogP contribution >= 0.6 is 0 Å². The topological polar surface area (TPSA) is 142 Å². The third-order valence-electron chi connectivity index (χ3n) is 2.69. The van der Waals surface area contributed by atoms with Crippen molar-refractivity contribution in [1.29, 1.82) is 0 Å². The number of carboxylic acids is 2. The molecule has 0 unspecified atom stereocenters. The number of morpholine rings is 1. The molecular weight excluding hydrogens is 282 g/mol. The van der Waals surface area contributed by atoms with Gasteiger partial charge in [-0.1, -0.05) is 13.8 Å². The van der Waals surface area contributed by atoms with Gasteiger partial charge in [-0.15, -0.1) is 0 Å². The van der Waals surface area contributed by atoms with E-state index in [-0.39, 0.29) is 18.5 Å². The molecule has 0 aliphatic carbocycles. The second-order valence-electron chi connectivity index (χ2n) is 4.76. The Bertz CT molecular complexity index is 355. The molecule has 1 heterocycles. The number of aliphatic carboxylic acids is 2. The van der Waals surface area contributed by atoms with Crippen molar-refractivity contribution in [2.75, 3.05) is 32.8 Å². The van der Waals surface area contributed by atoms with Gasteiger partial charge in [-0.25, -0.2) is 4.79 Å². The van der Waals surface area contributed by atoms with E-state index in [2.05, 4.69) is 5.32 Å². The molecule has 21 heavy (non-hydrogen) atoms. The molecule has 9 heteroatoms. The van der Waals surface area contributed by atoms with Crippen LogP contribution in [0.2, 0.25) is 0 Å². The summed E-state index contributed by atoms with van der Waals surface area (Å²) in [5, 5.41) is 18.8. The number of urea groups is 1. The molecule has 0 aromatic carbocycles. The molecular formula is C12H23N3O6. The summed E-state index contributed by atoms with van der Waals surface area (Å²) < 4.78 is 5.04. The van der Waals surface area contributed by atoms with Crippen LogP contribution in [0.15, 0.2) is 0 Å². The molecule has 2 amide bonds. The van der Waals surface area contributed by atoms with Crippen molar-refractivity contribution >= 4 is 18.0 Å². The van der Waals surface area contributed by atoms with E-state index in [0.717, 1.165) is 0 Å². The van der Waals surface area contributed by atoms with Gasteiger partial charge in [-0.05, 0) is 5.92 Å². The van der Waals surface area contributed by atoms with Crippen LogP contribution in [0.4, 0.5) is 4.79 Å². The number of rotatable bonds is 4. The number of nitrogens with one attached hydrogen (secondary N) is 1. The molecule has 0 bridgehead atoms. The number of carbonyl (C=O) groups excluding carboxylic acids is 1. The summed E-state index contributed by atoms with van der Waals surface area (Å²) in [6.07, 6.45) is 0. The minimum atomic E-state index is -1.04. The molecule has 1 saturated heterocycles. The monoisotopic (exact) mass is 305 g/mol. The van der Waals surface area contributed by atoms with Crippen LogP contribution in [0.25, 0.3) is 0 Å². The van der Waals surface area contributed by atoms with Crippen molar-refractivity contribution in [3.05, 3.63) is 0 Å². The van der Waals surface area contributed by atoms with Gasteiger partial charge in [-0.3, -0.25) is 9.59 Å². The number of nitrogens with zero attached hydrogens (tertiary/aromatic N) is 1. The van der Waals surface area contributed by atoms with Gasteiger partial charge < -0.3 is 30.9 Å². The number of carboxylic acid groups (broad SMARTS) is 2. The van der Waals surface area contributed by atoms with Gasteiger partial charge in [0.15, 0.2) is 0 Å². The SMILES string of the molecule is CC(C)[C@H](N)C(=O)O.O=C(O)CNC(=O)N1CCOCC1. The second-order valence-corrected chi connectivity index (χ2v) is 4.76. The number of nitrogens with two attached hydrogens (primary N) is 1. The van der Waals surface area contributed by atoms with Crippen LogP contribution in [0.1, 0.15) is 13.8 Å². The maximum atomic E-state index is 11.2. The minimum Gasteiger partial charge on any atom is -0.480 e. The van der Waals surface area contributed by atoms with Crippen LogP contribution in [-0.2, 0) is 14.3 Å². The first-order valence-corrected chi connectivity index (χ1v) is 6.56. The zero-order valence-electron chi connectivity index (χ0n) is 12.2. The standard InChI is InChI=1S/C7H12N2O4.C5H11NO2/c10-6(11)5-8-7(12)9-1-3-13-4-2-9;1-3(2)4(6)5(7)8/h1-5H2,(H,8,12)(H,10,11);3-4H,6H2,1-2H3,(H,7,8)/t;4-/m.0/s1. The lowest BCUT2D eigenvalue weighted by atomic mass is 10.1.